The van der Waals surface area contributed by atoms with Crippen LogP contribution < -0.4 is 0 Å². The summed E-state index contributed by atoms with van der Waals surface area (Å²) in [5, 5.41) is 9.60. The predicted molar refractivity (Wildman–Crippen MR) is 87.1 cm³/mol. The first kappa shape index (κ1) is 16.3. The fraction of sp³-hybridized carbons (Fsp3) is 0.118. The third kappa shape index (κ3) is 3.97. The van der Waals surface area contributed by atoms with Crippen LogP contribution in [0.1, 0.15) is 12.0 Å². The Kier molecular flexibility index (Phi) is 5.37. The summed E-state index contributed by atoms with van der Waals surface area (Å²) in [4.78, 5) is -0.157. The summed E-state index contributed by atoms with van der Waals surface area (Å²) in [5.41, 5.74) is 1.10. The van der Waals surface area contributed by atoms with E-state index in [1.54, 1.807) is 6.07 Å². The molecule has 0 spiro atoms. The molecule has 22 heavy (non-hydrogen) atoms. The van der Waals surface area contributed by atoms with E-state index in [0.717, 1.165) is 5.56 Å². The van der Waals surface area contributed by atoms with E-state index in [2.05, 4.69) is 0 Å². The highest BCUT2D eigenvalue weighted by atomic mass is 35.5. The average molecular weight is 332 g/mol. The molecule has 0 aliphatic carbocycles. The molecule has 5 heteroatoms. The van der Waals surface area contributed by atoms with Crippen molar-refractivity contribution in [2.24, 2.45) is 0 Å². The van der Waals surface area contributed by atoms with Crippen LogP contribution >= 0.6 is 11.6 Å². The molecule has 2 aromatic rings. The number of hydrogen-bond donors (Lipinski definition) is 0. The van der Waals surface area contributed by atoms with E-state index in [4.69, 9.17) is 16.9 Å². The van der Waals surface area contributed by atoms with Gasteiger partial charge in [0.1, 0.15) is 11.0 Å². The highest BCUT2D eigenvalue weighted by molar-refractivity contribution is 7.95. The minimum absolute atomic E-state index is 0.0735. The molecule has 0 aliphatic rings. The molecule has 2 rings (SSSR count). The fourth-order valence-electron chi connectivity index (χ4n) is 1.97. The van der Waals surface area contributed by atoms with Gasteiger partial charge in [0.25, 0.3) is 0 Å². The molecule has 0 atom stereocenters. The monoisotopic (exact) mass is 331 g/mol. The fourth-order valence-corrected chi connectivity index (χ4v) is 3.30. The summed E-state index contributed by atoms with van der Waals surface area (Å²) < 4.78 is 24.8. The van der Waals surface area contributed by atoms with Gasteiger partial charge >= 0.3 is 0 Å². The molecule has 112 valence electrons. The molecule has 0 aliphatic heterocycles. The van der Waals surface area contributed by atoms with Gasteiger partial charge in [0, 0.05) is 5.02 Å². The van der Waals surface area contributed by atoms with Gasteiger partial charge in [-0.15, -0.1) is 0 Å². The van der Waals surface area contributed by atoms with E-state index in [1.165, 1.54) is 30.3 Å². The molecule has 0 bridgehead atoms. The normalized spacial score (nSPS) is 11.9. The summed E-state index contributed by atoms with van der Waals surface area (Å²) in [6.07, 6.45) is 2.64. The van der Waals surface area contributed by atoms with E-state index in [-0.39, 0.29) is 9.80 Å². The van der Waals surface area contributed by atoms with Gasteiger partial charge in [0.2, 0.25) is 9.84 Å². The zero-order valence-electron chi connectivity index (χ0n) is 11.7. The molecule has 0 fully saturated rings. The molecular formula is C17H14ClNO2S. The molecule has 0 radical (unpaired) electrons. The van der Waals surface area contributed by atoms with Crippen LogP contribution in [0.3, 0.4) is 0 Å². The van der Waals surface area contributed by atoms with Crippen molar-refractivity contribution in [3.05, 3.63) is 76.2 Å². The van der Waals surface area contributed by atoms with Crippen molar-refractivity contribution in [1.82, 2.24) is 0 Å². The third-order valence-corrected chi connectivity index (χ3v) is 5.11. The van der Waals surface area contributed by atoms with Crippen LogP contribution in [0.5, 0.6) is 0 Å². The summed E-state index contributed by atoms with van der Waals surface area (Å²) >= 11 is 5.75. The van der Waals surface area contributed by atoms with Gasteiger partial charge in [-0.25, -0.2) is 8.42 Å². The first-order chi connectivity index (χ1) is 10.5. The van der Waals surface area contributed by atoms with Crippen molar-refractivity contribution in [3.8, 4) is 6.07 Å². The van der Waals surface area contributed by atoms with E-state index in [0.29, 0.717) is 17.9 Å². The Hall–Kier alpha value is -2.09. The van der Waals surface area contributed by atoms with Gasteiger partial charge in [0.05, 0.1) is 4.90 Å². The van der Waals surface area contributed by atoms with E-state index in [1.807, 2.05) is 30.3 Å². The van der Waals surface area contributed by atoms with Crippen LogP contribution in [-0.4, -0.2) is 8.42 Å². The van der Waals surface area contributed by atoms with E-state index < -0.39 is 9.84 Å². The number of sulfone groups is 1. The quantitative estimate of drug-likeness (QED) is 0.773. The second-order valence-corrected chi connectivity index (χ2v) is 7.02. The molecule has 0 aromatic heterocycles. The number of allylic oxidation sites excluding steroid dienone is 2. The lowest BCUT2D eigenvalue weighted by atomic mass is 10.1. The highest BCUT2D eigenvalue weighted by Crippen LogP contribution is 2.21. The predicted octanol–water partition coefficient (Wildman–Crippen LogP) is 4.15. The van der Waals surface area contributed by atoms with E-state index in [9.17, 15) is 8.42 Å². The van der Waals surface area contributed by atoms with Gasteiger partial charge < -0.3 is 0 Å². The zero-order chi connectivity index (χ0) is 16.0. The minimum atomic E-state index is -3.78. The average Bonchev–Trinajstić information content (AvgIpc) is 2.53. The maximum atomic E-state index is 12.4. The lowest BCUT2D eigenvalue weighted by Gasteiger charge is -2.03. The van der Waals surface area contributed by atoms with Crippen LogP contribution in [0.15, 0.2) is 70.5 Å². The SMILES string of the molecule is N#CC(=CCCc1ccccc1)S(=O)(=O)c1ccc(Cl)cc1. The van der Waals surface area contributed by atoms with Crippen LogP contribution in [0.2, 0.25) is 5.02 Å². The second kappa shape index (κ2) is 7.26. The van der Waals surface area contributed by atoms with Crippen LogP contribution in [-0.2, 0) is 16.3 Å². The Balaban J connectivity index is 2.18. The van der Waals surface area contributed by atoms with E-state index >= 15 is 0 Å². The lowest BCUT2D eigenvalue weighted by molar-refractivity contribution is 0.603. The standard InChI is InChI=1S/C17H14ClNO2S/c18-15-9-11-16(12-10-15)22(20,21)17(13-19)8-4-7-14-5-2-1-3-6-14/h1-3,5-6,8-12H,4,7H2. The van der Waals surface area contributed by atoms with Gasteiger partial charge in [-0.2, -0.15) is 5.26 Å². The third-order valence-electron chi connectivity index (χ3n) is 3.13. The summed E-state index contributed by atoms with van der Waals surface area (Å²) in [6, 6.07) is 17.3. The van der Waals surface area contributed by atoms with Crippen molar-refractivity contribution in [1.29, 1.82) is 5.26 Å². The van der Waals surface area contributed by atoms with Gasteiger partial charge in [-0.05, 0) is 42.7 Å². The first-order valence-electron chi connectivity index (χ1n) is 6.69. The van der Waals surface area contributed by atoms with Gasteiger partial charge in [-0.1, -0.05) is 48.0 Å². The van der Waals surface area contributed by atoms with Gasteiger partial charge in [0.15, 0.2) is 0 Å². The molecule has 2 aromatic carbocycles. The van der Waals surface area contributed by atoms with Crippen molar-refractivity contribution < 1.29 is 8.42 Å². The van der Waals surface area contributed by atoms with Crippen molar-refractivity contribution in [2.75, 3.05) is 0 Å². The molecule has 0 saturated carbocycles. The molecule has 0 unspecified atom stereocenters. The number of nitriles is 1. The number of rotatable bonds is 5. The van der Waals surface area contributed by atoms with Crippen molar-refractivity contribution in [3.63, 3.8) is 0 Å². The Bertz CT molecular complexity index is 804. The first-order valence-corrected chi connectivity index (χ1v) is 8.55. The molecule has 0 saturated heterocycles. The Morgan fingerprint density at radius 1 is 1.09 bits per heavy atom. The summed E-state index contributed by atoms with van der Waals surface area (Å²) in [5.74, 6) is 0. The second-order valence-electron chi connectivity index (χ2n) is 4.66. The number of hydrogen-bond acceptors (Lipinski definition) is 3. The summed E-state index contributed by atoms with van der Waals surface area (Å²) in [6.45, 7) is 0. The summed E-state index contributed by atoms with van der Waals surface area (Å²) in [7, 11) is -3.78. The molecule has 0 N–H and O–H groups in total. The Morgan fingerprint density at radius 3 is 2.32 bits per heavy atom. The lowest BCUT2D eigenvalue weighted by Crippen LogP contribution is -2.03. The number of halogens is 1. The van der Waals surface area contributed by atoms with Crippen LogP contribution in [0.25, 0.3) is 0 Å². The molecular weight excluding hydrogens is 318 g/mol. The zero-order valence-corrected chi connectivity index (χ0v) is 13.3. The highest BCUT2D eigenvalue weighted by Gasteiger charge is 2.20. The van der Waals surface area contributed by atoms with Gasteiger partial charge in [-0.3, -0.25) is 0 Å². The maximum Gasteiger partial charge on any atom is 0.216 e. The maximum absolute atomic E-state index is 12.4. The number of benzene rings is 2. The van der Waals surface area contributed by atoms with Crippen LogP contribution in [0, 0.1) is 11.3 Å². The van der Waals surface area contributed by atoms with Crippen molar-refractivity contribution >= 4 is 21.4 Å². The smallest absolute Gasteiger partial charge is 0.216 e. The molecule has 3 nitrogen and oxygen atoms in total. The minimum Gasteiger partial charge on any atom is -0.218 e. The topological polar surface area (TPSA) is 57.9 Å². The Labute approximate surface area is 135 Å². The Morgan fingerprint density at radius 2 is 1.73 bits per heavy atom. The number of aryl methyl sites for hydroxylation is 1. The molecule has 0 amide bonds. The largest absolute Gasteiger partial charge is 0.218 e. The van der Waals surface area contributed by atoms with Crippen molar-refractivity contribution in [2.45, 2.75) is 17.7 Å². The number of nitrogens with zero attached hydrogens (tertiary/aromatic N) is 1. The molecule has 0 heterocycles. The van der Waals surface area contributed by atoms with Crippen LogP contribution in [0.4, 0.5) is 0 Å².